The van der Waals surface area contributed by atoms with E-state index in [9.17, 15) is 18.0 Å². The van der Waals surface area contributed by atoms with Crippen LogP contribution in [0, 0.1) is 0 Å². The first-order valence-corrected chi connectivity index (χ1v) is 12.3. The monoisotopic (exact) mass is 474 g/mol. The smallest absolute Gasteiger partial charge is 0.271 e. The number of sulfone groups is 1. The molecule has 2 aromatic carbocycles. The molecular formula is C22H23ClN4O4S. The van der Waals surface area contributed by atoms with Crippen LogP contribution in [-0.4, -0.2) is 60.0 Å². The molecule has 1 aliphatic rings. The van der Waals surface area contributed by atoms with Gasteiger partial charge in [0, 0.05) is 36.8 Å². The van der Waals surface area contributed by atoms with Crippen molar-refractivity contribution in [2.24, 2.45) is 0 Å². The molecule has 1 aliphatic heterocycles. The van der Waals surface area contributed by atoms with Gasteiger partial charge in [-0.3, -0.25) is 9.59 Å². The number of imidazole rings is 1. The highest BCUT2D eigenvalue weighted by Gasteiger charge is 2.26. The largest absolute Gasteiger partial charge is 0.350 e. The van der Waals surface area contributed by atoms with Crippen LogP contribution in [-0.2, 0) is 14.6 Å². The highest BCUT2D eigenvalue weighted by Crippen LogP contribution is 2.23. The molecule has 2 heterocycles. The van der Waals surface area contributed by atoms with Gasteiger partial charge in [0.25, 0.3) is 5.91 Å². The summed E-state index contributed by atoms with van der Waals surface area (Å²) in [5, 5.41) is 5.13. The van der Waals surface area contributed by atoms with Gasteiger partial charge in [0.1, 0.15) is 5.69 Å². The lowest BCUT2D eigenvalue weighted by atomic mass is 10.0. The Morgan fingerprint density at radius 2 is 1.84 bits per heavy atom. The molecule has 0 bridgehead atoms. The summed E-state index contributed by atoms with van der Waals surface area (Å²) in [6, 6.07) is 10.1. The van der Waals surface area contributed by atoms with Crippen LogP contribution in [0.2, 0.25) is 5.02 Å². The second-order valence-electron chi connectivity index (χ2n) is 7.81. The fourth-order valence-electron chi connectivity index (χ4n) is 3.80. The number of rotatable bonds is 6. The maximum Gasteiger partial charge on any atom is 0.271 e. The summed E-state index contributed by atoms with van der Waals surface area (Å²) in [6.45, 7) is 0.947. The molecule has 2 N–H and O–H groups in total. The molecule has 0 radical (unpaired) electrons. The Labute approximate surface area is 190 Å². The van der Waals surface area contributed by atoms with E-state index in [-0.39, 0.29) is 34.9 Å². The lowest BCUT2D eigenvalue weighted by Gasteiger charge is -2.32. The molecule has 10 heteroatoms. The number of halogens is 1. The summed E-state index contributed by atoms with van der Waals surface area (Å²) >= 11 is 5.98. The lowest BCUT2D eigenvalue weighted by molar-refractivity contribution is -0.131. The maximum absolute atomic E-state index is 12.8. The number of nitrogens with one attached hydrogen (secondary N) is 2. The first-order valence-electron chi connectivity index (χ1n) is 10.3. The Morgan fingerprint density at radius 1 is 1.12 bits per heavy atom. The molecule has 1 aromatic heterocycles. The number of aromatic amines is 1. The number of carbonyl (C=O) groups excluding carboxylic acids is 2. The molecule has 4 rings (SSSR count). The van der Waals surface area contributed by atoms with Crippen LogP contribution in [0.4, 0.5) is 0 Å². The van der Waals surface area contributed by atoms with E-state index in [1.165, 1.54) is 12.5 Å². The third-order valence-corrected chi connectivity index (χ3v) is 7.58. The van der Waals surface area contributed by atoms with Crippen LogP contribution >= 0.6 is 11.6 Å². The molecule has 0 atom stereocenters. The molecular weight excluding hydrogens is 452 g/mol. The normalized spacial score (nSPS) is 15.1. The molecule has 32 heavy (non-hydrogen) atoms. The van der Waals surface area contributed by atoms with E-state index >= 15 is 0 Å². The number of H-pyrrole nitrogens is 1. The lowest BCUT2D eigenvalue weighted by Crippen LogP contribution is -2.46. The summed E-state index contributed by atoms with van der Waals surface area (Å²) in [7, 11) is -3.59. The van der Waals surface area contributed by atoms with Crippen LogP contribution in [0.3, 0.4) is 0 Å². The highest BCUT2D eigenvalue weighted by molar-refractivity contribution is 7.91. The van der Waals surface area contributed by atoms with Crippen molar-refractivity contribution in [3.63, 3.8) is 0 Å². The zero-order chi connectivity index (χ0) is 22.7. The summed E-state index contributed by atoms with van der Waals surface area (Å²) in [4.78, 5) is 33.2. The molecule has 0 saturated carbocycles. The Morgan fingerprint density at radius 3 is 2.56 bits per heavy atom. The van der Waals surface area contributed by atoms with Gasteiger partial charge in [-0.25, -0.2) is 13.4 Å². The maximum atomic E-state index is 12.8. The van der Waals surface area contributed by atoms with Crippen molar-refractivity contribution in [2.45, 2.75) is 30.2 Å². The molecule has 0 aliphatic carbocycles. The quantitative estimate of drug-likeness (QED) is 0.570. The van der Waals surface area contributed by atoms with Gasteiger partial charge in [0.2, 0.25) is 5.91 Å². The predicted molar refractivity (Wildman–Crippen MR) is 121 cm³/mol. The number of carbonyl (C=O) groups is 2. The standard InChI is InChI=1S/C22H23ClN4O4S/c23-17-3-1-16-12-19(4-2-15(16)11-17)32(30,31)10-7-21(28)27-8-5-18(6-9-27)26-22(29)20-13-24-14-25-20/h1-4,11-14,18H,5-10H2,(H,24,25)(H,26,29). The number of aromatic nitrogens is 2. The zero-order valence-corrected chi connectivity index (χ0v) is 18.8. The molecule has 1 saturated heterocycles. The molecule has 0 unspecified atom stereocenters. The number of nitrogens with zero attached hydrogens (tertiary/aromatic N) is 2. The Balaban J connectivity index is 1.30. The minimum absolute atomic E-state index is 0.0434. The number of hydrogen-bond acceptors (Lipinski definition) is 5. The number of hydrogen-bond donors (Lipinski definition) is 2. The molecule has 168 valence electrons. The summed E-state index contributed by atoms with van der Waals surface area (Å²) < 4.78 is 25.5. The van der Waals surface area contributed by atoms with Gasteiger partial charge in [-0.2, -0.15) is 0 Å². The van der Waals surface area contributed by atoms with E-state index in [1.807, 2.05) is 0 Å². The third-order valence-electron chi connectivity index (χ3n) is 5.63. The zero-order valence-electron chi connectivity index (χ0n) is 17.3. The van der Waals surface area contributed by atoms with Gasteiger partial charge in [0.05, 0.1) is 17.0 Å². The fourth-order valence-corrected chi connectivity index (χ4v) is 5.24. The van der Waals surface area contributed by atoms with Crippen molar-refractivity contribution < 1.29 is 18.0 Å². The van der Waals surface area contributed by atoms with Gasteiger partial charge in [-0.05, 0) is 47.9 Å². The number of piperidine rings is 1. The van der Waals surface area contributed by atoms with E-state index in [0.717, 1.165) is 10.8 Å². The van der Waals surface area contributed by atoms with Gasteiger partial charge >= 0.3 is 0 Å². The van der Waals surface area contributed by atoms with Crippen molar-refractivity contribution in [3.8, 4) is 0 Å². The fraction of sp³-hybridized carbons (Fsp3) is 0.318. The predicted octanol–water partition coefficient (Wildman–Crippen LogP) is 2.80. The van der Waals surface area contributed by atoms with Gasteiger partial charge < -0.3 is 15.2 Å². The molecule has 3 aromatic rings. The molecule has 8 nitrogen and oxygen atoms in total. The third kappa shape index (κ3) is 5.11. The Hall–Kier alpha value is -2.91. The van der Waals surface area contributed by atoms with Crippen molar-refractivity contribution >= 4 is 44.0 Å². The summed E-state index contributed by atoms with van der Waals surface area (Å²) in [6.07, 6.45) is 4.12. The molecule has 2 amide bonds. The van der Waals surface area contributed by atoms with Crippen molar-refractivity contribution in [3.05, 3.63) is 59.6 Å². The van der Waals surface area contributed by atoms with E-state index < -0.39 is 9.84 Å². The average molecular weight is 475 g/mol. The van der Waals surface area contributed by atoms with Crippen LogP contribution in [0.5, 0.6) is 0 Å². The number of benzene rings is 2. The van der Waals surface area contributed by atoms with E-state index in [2.05, 4.69) is 15.3 Å². The average Bonchev–Trinajstić information content (AvgIpc) is 3.33. The first kappa shape index (κ1) is 22.3. The van der Waals surface area contributed by atoms with E-state index in [4.69, 9.17) is 11.6 Å². The Kier molecular flexibility index (Phi) is 6.48. The number of amides is 2. The van der Waals surface area contributed by atoms with Crippen LogP contribution in [0.1, 0.15) is 29.8 Å². The minimum Gasteiger partial charge on any atom is -0.350 e. The van der Waals surface area contributed by atoms with E-state index in [1.54, 1.807) is 41.3 Å². The minimum atomic E-state index is -3.59. The van der Waals surface area contributed by atoms with Gasteiger partial charge in [-0.15, -0.1) is 0 Å². The Bertz CT molecular complexity index is 1240. The summed E-state index contributed by atoms with van der Waals surface area (Å²) in [5.41, 5.74) is 0.325. The first-order chi connectivity index (χ1) is 15.3. The molecule has 0 spiro atoms. The van der Waals surface area contributed by atoms with Crippen molar-refractivity contribution in [1.82, 2.24) is 20.2 Å². The summed E-state index contributed by atoms with van der Waals surface area (Å²) in [5.74, 6) is -0.696. The van der Waals surface area contributed by atoms with Crippen LogP contribution in [0.25, 0.3) is 10.8 Å². The van der Waals surface area contributed by atoms with Crippen molar-refractivity contribution in [1.29, 1.82) is 0 Å². The van der Waals surface area contributed by atoms with Crippen LogP contribution < -0.4 is 5.32 Å². The number of likely N-dealkylation sites (tertiary alicyclic amines) is 1. The topological polar surface area (TPSA) is 112 Å². The van der Waals surface area contributed by atoms with Gasteiger partial charge in [0.15, 0.2) is 9.84 Å². The van der Waals surface area contributed by atoms with E-state index in [0.29, 0.717) is 36.6 Å². The SMILES string of the molecule is O=C(NC1CCN(C(=O)CCS(=O)(=O)c2ccc3cc(Cl)ccc3c2)CC1)c1c[nH]cn1. The van der Waals surface area contributed by atoms with Crippen molar-refractivity contribution in [2.75, 3.05) is 18.8 Å². The molecule has 1 fully saturated rings. The van der Waals surface area contributed by atoms with Crippen LogP contribution in [0.15, 0.2) is 53.8 Å². The van der Waals surface area contributed by atoms with Gasteiger partial charge in [-0.1, -0.05) is 23.7 Å². The number of fused-ring (bicyclic) bond motifs is 1. The second-order valence-corrected chi connectivity index (χ2v) is 10.4. The second kappa shape index (κ2) is 9.30. The highest BCUT2D eigenvalue weighted by atomic mass is 35.5.